The Kier molecular flexibility index (Phi) is 7.09. The molecule has 0 spiro atoms. The lowest BCUT2D eigenvalue weighted by Crippen LogP contribution is -2.13. The van der Waals surface area contributed by atoms with Crippen molar-refractivity contribution in [3.63, 3.8) is 0 Å². The third-order valence-corrected chi connectivity index (χ3v) is 2.89. The first-order chi connectivity index (χ1) is 9.08. The molecule has 0 fully saturated rings. The lowest BCUT2D eigenvalue weighted by atomic mass is 10.2. The van der Waals surface area contributed by atoms with Gasteiger partial charge in [-0.15, -0.1) is 0 Å². The van der Waals surface area contributed by atoms with Gasteiger partial charge in [0.05, 0.1) is 11.1 Å². The zero-order valence-corrected chi connectivity index (χ0v) is 12.6. The summed E-state index contributed by atoms with van der Waals surface area (Å²) in [5.74, 6) is 0.799. The van der Waals surface area contributed by atoms with E-state index in [1.54, 1.807) is 6.07 Å². The lowest BCUT2D eigenvalue weighted by Gasteiger charge is -2.15. The lowest BCUT2D eigenvalue weighted by molar-refractivity contribution is 0.0796. The fourth-order valence-electron chi connectivity index (χ4n) is 1.54. The van der Waals surface area contributed by atoms with Crippen LogP contribution < -0.4 is 14.8 Å². The van der Waals surface area contributed by atoms with E-state index in [9.17, 15) is 8.78 Å². The van der Waals surface area contributed by atoms with Gasteiger partial charge in [0, 0.05) is 6.54 Å². The zero-order valence-electron chi connectivity index (χ0n) is 11.0. The molecular formula is C13H18BrF2NO2. The molecular weight excluding hydrogens is 320 g/mol. The molecule has 1 N–H and O–H groups in total. The van der Waals surface area contributed by atoms with Crippen molar-refractivity contribution in [3.8, 4) is 11.5 Å². The van der Waals surface area contributed by atoms with Gasteiger partial charge in [0.1, 0.15) is 6.61 Å². The number of hydrogen-bond acceptors (Lipinski definition) is 3. The summed E-state index contributed by atoms with van der Waals surface area (Å²) in [6, 6.07) is 3.64. The van der Waals surface area contributed by atoms with E-state index in [1.807, 2.05) is 19.9 Å². The fraction of sp³-hybridized carbons (Fsp3) is 0.538. The molecule has 0 heterocycles. The van der Waals surface area contributed by atoms with Crippen LogP contribution in [0.4, 0.5) is 8.78 Å². The van der Waals surface area contributed by atoms with Crippen LogP contribution in [0.25, 0.3) is 0 Å². The van der Waals surface area contributed by atoms with Gasteiger partial charge in [-0.1, -0.05) is 6.92 Å². The molecule has 0 radical (unpaired) electrons. The topological polar surface area (TPSA) is 30.5 Å². The maximum absolute atomic E-state index is 12.2. The van der Waals surface area contributed by atoms with Crippen LogP contribution in [-0.4, -0.2) is 26.2 Å². The van der Waals surface area contributed by atoms with Crippen molar-refractivity contribution < 1.29 is 18.3 Å². The summed E-state index contributed by atoms with van der Waals surface area (Å²) in [4.78, 5) is 0. The third kappa shape index (κ3) is 5.32. The number of hydrogen-bond donors (Lipinski definition) is 1. The minimum absolute atomic E-state index is 0.322. The highest BCUT2D eigenvalue weighted by Crippen LogP contribution is 2.37. The molecule has 6 heteroatoms. The molecule has 3 nitrogen and oxygen atoms in total. The Morgan fingerprint density at radius 1 is 1.26 bits per heavy atom. The largest absolute Gasteiger partial charge is 0.490 e. The summed E-state index contributed by atoms with van der Waals surface area (Å²) in [5, 5.41) is 3.19. The molecule has 0 bridgehead atoms. The molecule has 0 aliphatic carbocycles. The molecule has 19 heavy (non-hydrogen) atoms. The molecule has 0 unspecified atom stereocenters. The van der Waals surface area contributed by atoms with Crippen molar-refractivity contribution in [1.29, 1.82) is 0 Å². The average molecular weight is 338 g/mol. The number of rotatable bonds is 8. The molecule has 1 rings (SSSR count). The van der Waals surface area contributed by atoms with E-state index in [1.165, 1.54) is 0 Å². The molecule has 108 valence electrons. The Labute approximate surface area is 120 Å². The second-order valence-electron chi connectivity index (χ2n) is 3.82. The molecule has 0 aliphatic rings. The van der Waals surface area contributed by atoms with Gasteiger partial charge in [0.25, 0.3) is 6.43 Å². The van der Waals surface area contributed by atoms with E-state index in [0.717, 1.165) is 12.1 Å². The Hall–Kier alpha value is -0.880. The molecule has 1 aromatic carbocycles. The van der Waals surface area contributed by atoms with E-state index >= 15 is 0 Å². The zero-order chi connectivity index (χ0) is 14.3. The number of benzene rings is 1. The summed E-state index contributed by atoms with van der Waals surface area (Å²) in [6.45, 7) is 5.18. The van der Waals surface area contributed by atoms with Crippen molar-refractivity contribution in [2.75, 3.05) is 19.8 Å². The highest BCUT2D eigenvalue weighted by Gasteiger charge is 2.14. The monoisotopic (exact) mass is 337 g/mol. The van der Waals surface area contributed by atoms with Crippen LogP contribution in [0.1, 0.15) is 19.4 Å². The quantitative estimate of drug-likeness (QED) is 0.786. The van der Waals surface area contributed by atoms with Crippen LogP contribution in [0, 0.1) is 0 Å². The Bertz CT molecular complexity index is 402. The van der Waals surface area contributed by atoms with E-state index in [2.05, 4.69) is 21.2 Å². The van der Waals surface area contributed by atoms with Crippen LogP contribution in [0.2, 0.25) is 0 Å². The maximum atomic E-state index is 12.2. The maximum Gasteiger partial charge on any atom is 0.272 e. The van der Waals surface area contributed by atoms with Crippen molar-refractivity contribution in [2.45, 2.75) is 26.8 Å². The molecule has 0 amide bonds. The minimum atomic E-state index is -2.51. The van der Waals surface area contributed by atoms with Gasteiger partial charge in [-0.2, -0.15) is 0 Å². The van der Waals surface area contributed by atoms with Crippen molar-refractivity contribution >= 4 is 15.9 Å². The van der Waals surface area contributed by atoms with E-state index in [-0.39, 0.29) is 0 Å². The van der Waals surface area contributed by atoms with Crippen LogP contribution in [0.5, 0.6) is 11.5 Å². The first-order valence-electron chi connectivity index (χ1n) is 6.15. The smallest absolute Gasteiger partial charge is 0.272 e. The predicted molar refractivity (Wildman–Crippen MR) is 74.2 cm³/mol. The van der Waals surface area contributed by atoms with Crippen LogP contribution >= 0.6 is 15.9 Å². The first kappa shape index (κ1) is 16.2. The van der Waals surface area contributed by atoms with Crippen LogP contribution in [0.15, 0.2) is 16.6 Å². The second-order valence-corrected chi connectivity index (χ2v) is 4.67. The molecule has 0 saturated carbocycles. The summed E-state index contributed by atoms with van der Waals surface area (Å²) < 4.78 is 35.6. The number of halogens is 3. The summed E-state index contributed by atoms with van der Waals surface area (Å²) in [6.07, 6.45) is -2.51. The Morgan fingerprint density at radius 3 is 2.58 bits per heavy atom. The SMILES string of the molecule is CCNCc1cc(Br)c(OCC(F)F)c(OCC)c1. The van der Waals surface area contributed by atoms with Gasteiger partial charge < -0.3 is 14.8 Å². The second kappa shape index (κ2) is 8.32. The first-order valence-corrected chi connectivity index (χ1v) is 6.94. The van der Waals surface area contributed by atoms with Crippen LogP contribution in [0.3, 0.4) is 0 Å². The summed E-state index contributed by atoms with van der Waals surface area (Å²) in [7, 11) is 0. The van der Waals surface area contributed by atoms with Crippen molar-refractivity contribution in [1.82, 2.24) is 5.32 Å². The number of alkyl halides is 2. The van der Waals surface area contributed by atoms with E-state index in [0.29, 0.717) is 29.1 Å². The van der Waals surface area contributed by atoms with Gasteiger partial charge >= 0.3 is 0 Å². The normalized spacial score (nSPS) is 10.8. The van der Waals surface area contributed by atoms with Gasteiger partial charge in [-0.3, -0.25) is 0 Å². The molecule has 1 aromatic rings. The van der Waals surface area contributed by atoms with Gasteiger partial charge in [-0.05, 0) is 47.1 Å². The predicted octanol–water partition coefficient (Wildman–Crippen LogP) is 3.60. The standard InChI is InChI=1S/C13H18BrF2NO2/c1-3-17-7-9-5-10(14)13(19-8-12(15)16)11(6-9)18-4-2/h5-6,12,17H,3-4,7-8H2,1-2H3. The van der Waals surface area contributed by atoms with Crippen LogP contribution in [-0.2, 0) is 6.54 Å². The molecule has 0 aromatic heterocycles. The van der Waals surface area contributed by atoms with E-state index in [4.69, 9.17) is 9.47 Å². The molecule has 0 aliphatic heterocycles. The number of ether oxygens (including phenoxy) is 2. The Morgan fingerprint density at radius 2 is 2.00 bits per heavy atom. The fourth-order valence-corrected chi connectivity index (χ4v) is 2.15. The molecule has 0 atom stereocenters. The van der Waals surface area contributed by atoms with Gasteiger partial charge in [0.15, 0.2) is 11.5 Å². The minimum Gasteiger partial charge on any atom is -0.490 e. The van der Waals surface area contributed by atoms with Crippen molar-refractivity contribution in [2.24, 2.45) is 0 Å². The van der Waals surface area contributed by atoms with E-state index < -0.39 is 13.0 Å². The number of nitrogens with one attached hydrogen (secondary N) is 1. The highest BCUT2D eigenvalue weighted by atomic mass is 79.9. The molecule has 0 saturated heterocycles. The highest BCUT2D eigenvalue weighted by molar-refractivity contribution is 9.10. The average Bonchev–Trinajstić information content (AvgIpc) is 2.35. The van der Waals surface area contributed by atoms with Gasteiger partial charge in [0.2, 0.25) is 0 Å². The third-order valence-electron chi connectivity index (χ3n) is 2.30. The summed E-state index contributed by atoms with van der Waals surface area (Å²) >= 11 is 3.33. The summed E-state index contributed by atoms with van der Waals surface area (Å²) in [5.41, 5.74) is 1.00. The van der Waals surface area contributed by atoms with Crippen molar-refractivity contribution in [3.05, 3.63) is 22.2 Å². The van der Waals surface area contributed by atoms with Gasteiger partial charge in [-0.25, -0.2) is 8.78 Å². The Balaban J connectivity index is 2.93.